The van der Waals surface area contributed by atoms with Crippen LogP contribution in [-0.4, -0.2) is 26.0 Å². The van der Waals surface area contributed by atoms with E-state index in [0.29, 0.717) is 5.95 Å². The molecular formula is C15H14N6. The van der Waals surface area contributed by atoms with Crippen molar-refractivity contribution < 1.29 is 0 Å². The van der Waals surface area contributed by atoms with Crippen LogP contribution in [-0.2, 0) is 7.05 Å². The fourth-order valence-electron chi connectivity index (χ4n) is 1.86. The van der Waals surface area contributed by atoms with E-state index in [-0.39, 0.29) is 0 Å². The van der Waals surface area contributed by atoms with E-state index in [1.54, 1.807) is 12.4 Å². The molecule has 3 rings (SSSR count). The molecular weight excluding hydrogens is 264 g/mol. The van der Waals surface area contributed by atoms with Crippen LogP contribution in [0.25, 0.3) is 11.3 Å². The third-order valence-electron chi connectivity index (χ3n) is 2.97. The van der Waals surface area contributed by atoms with Gasteiger partial charge in [0.1, 0.15) is 0 Å². The number of hydrogen-bond acceptors (Lipinski definition) is 5. The molecule has 0 unspecified atom stereocenters. The second-order valence-electron chi connectivity index (χ2n) is 4.45. The van der Waals surface area contributed by atoms with Crippen molar-refractivity contribution in [2.24, 2.45) is 12.1 Å². The molecule has 0 aliphatic heterocycles. The Hall–Kier alpha value is -3.02. The van der Waals surface area contributed by atoms with Crippen molar-refractivity contribution in [1.29, 1.82) is 0 Å². The van der Waals surface area contributed by atoms with Gasteiger partial charge in [0.15, 0.2) is 0 Å². The molecule has 21 heavy (non-hydrogen) atoms. The third-order valence-corrected chi connectivity index (χ3v) is 2.97. The zero-order valence-corrected chi connectivity index (χ0v) is 11.5. The Balaban J connectivity index is 1.75. The van der Waals surface area contributed by atoms with Crippen molar-refractivity contribution >= 4 is 12.2 Å². The van der Waals surface area contributed by atoms with Crippen molar-refractivity contribution in [3.63, 3.8) is 0 Å². The molecule has 0 fully saturated rings. The molecule has 0 amide bonds. The number of nitrogens with one attached hydrogen (secondary N) is 1. The SMILES string of the molecule is Cn1cccc1/C=N/Nc1nncc(-c2ccccc2)n1. The van der Waals surface area contributed by atoms with E-state index in [2.05, 4.69) is 25.7 Å². The number of rotatable bonds is 4. The molecule has 0 atom stereocenters. The molecule has 1 aromatic carbocycles. The summed E-state index contributed by atoms with van der Waals surface area (Å²) < 4.78 is 1.96. The minimum absolute atomic E-state index is 0.363. The summed E-state index contributed by atoms with van der Waals surface area (Å²) in [4.78, 5) is 4.38. The quantitative estimate of drug-likeness (QED) is 0.587. The molecule has 0 saturated heterocycles. The van der Waals surface area contributed by atoms with Gasteiger partial charge in [0.25, 0.3) is 5.95 Å². The summed E-state index contributed by atoms with van der Waals surface area (Å²) >= 11 is 0. The van der Waals surface area contributed by atoms with Crippen LogP contribution in [0.4, 0.5) is 5.95 Å². The highest BCUT2D eigenvalue weighted by Crippen LogP contribution is 2.15. The first-order chi connectivity index (χ1) is 10.3. The lowest BCUT2D eigenvalue weighted by Gasteiger charge is -2.02. The Morgan fingerprint density at radius 2 is 2.00 bits per heavy atom. The minimum Gasteiger partial charge on any atom is -0.350 e. The molecule has 0 aliphatic rings. The maximum Gasteiger partial charge on any atom is 0.263 e. The molecule has 104 valence electrons. The van der Waals surface area contributed by atoms with Crippen molar-refractivity contribution in [2.75, 3.05) is 5.43 Å². The largest absolute Gasteiger partial charge is 0.350 e. The van der Waals surface area contributed by atoms with E-state index >= 15 is 0 Å². The smallest absolute Gasteiger partial charge is 0.263 e. The van der Waals surface area contributed by atoms with Crippen LogP contribution in [0, 0.1) is 0 Å². The van der Waals surface area contributed by atoms with Gasteiger partial charge in [-0.2, -0.15) is 10.2 Å². The first-order valence-corrected chi connectivity index (χ1v) is 6.48. The number of aromatic nitrogens is 4. The zero-order valence-electron chi connectivity index (χ0n) is 11.5. The molecule has 2 heterocycles. The highest BCUT2D eigenvalue weighted by atomic mass is 15.4. The summed E-state index contributed by atoms with van der Waals surface area (Å²) in [6.45, 7) is 0. The number of anilines is 1. The van der Waals surface area contributed by atoms with E-state index in [0.717, 1.165) is 17.0 Å². The second-order valence-corrected chi connectivity index (χ2v) is 4.45. The highest BCUT2D eigenvalue weighted by Gasteiger charge is 2.01. The van der Waals surface area contributed by atoms with Gasteiger partial charge >= 0.3 is 0 Å². The number of hydrazone groups is 1. The number of aryl methyl sites for hydroxylation is 1. The summed E-state index contributed by atoms with van der Waals surface area (Å²) in [5, 5.41) is 12.0. The highest BCUT2D eigenvalue weighted by molar-refractivity contribution is 5.78. The van der Waals surface area contributed by atoms with Crippen LogP contribution in [0.15, 0.2) is 60.0 Å². The molecule has 0 spiro atoms. The third kappa shape index (κ3) is 3.11. The predicted molar refractivity (Wildman–Crippen MR) is 81.9 cm³/mol. The van der Waals surface area contributed by atoms with Crippen molar-refractivity contribution in [2.45, 2.75) is 0 Å². The maximum atomic E-state index is 4.38. The summed E-state index contributed by atoms with van der Waals surface area (Å²) in [7, 11) is 1.95. The van der Waals surface area contributed by atoms with Crippen LogP contribution in [0.2, 0.25) is 0 Å². The summed E-state index contributed by atoms with van der Waals surface area (Å²) in [5.74, 6) is 0.363. The van der Waals surface area contributed by atoms with Gasteiger partial charge in [0.2, 0.25) is 0 Å². The lowest BCUT2D eigenvalue weighted by Crippen LogP contribution is -2.01. The van der Waals surface area contributed by atoms with Crippen LogP contribution in [0.5, 0.6) is 0 Å². The average molecular weight is 278 g/mol. The van der Waals surface area contributed by atoms with Crippen LogP contribution in [0.1, 0.15) is 5.69 Å². The van der Waals surface area contributed by atoms with Crippen molar-refractivity contribution in [3.05, 3.63) is 60.6 Å². The van der Waals surface area contributed by atoms with E-state index < -0.39 is 0 Å². The second kappa shape index (κ2) is 5.96. The monoisotopic (exact) mass is 278 g/mol. The molecule has 6 nitrogen and oxygen atoms in total. The lowest BCUT2D eigenvalue weighted by atomic mass is 10.2. The van der Waals surface area contributed by atoms with Gasteiger partial charge in [0, 0.05) is 18.8 Å². The maximum absolute atomic E-state index is 4.38. The number of hydrogen-bond donors (Lipinski definition) is 1. The molecule has 2 aromatic heterocycles. The summed E-state index contributed by atoms with van der Waals surface area (Å²) in [6, 6.07) is 13.7. The molecule has 0 saturated carbocycles. The van der Waals surface area contributed by atoms with Crippen LogP contribution < -0.4 is 5.43 Å². The fraction of sp³-hybridized carbons (Fsp3) is 0.0667. The van der Waals surface area contributed by atoms with E-state index in [1.165, 1.54) is 0 Å². The Morgan fingerprint density at radius 3 is 2.76 bits per heavy atom. The zero-order chi connectivity index (χ0) is 14.5. The van der Waals surface area contributed by atoms with E-state index in [1.807, 2.05) is 60.3 Å². The van der Waals surface area contributed by atoms with Gasteiger partial charge in [-0.25, -0.2) is 10.4 Å². The minimum atomic E-state index is 0.363. The van der Waals surface area contributed by atoms with E-state index in [4.69, 9.17) is 0 Å². The van der Waals surface area contributed by atoms with Crippen molar-refractivity contribution in [3.8, 4) is 11.3 Å². The molecule has 1 N–H and O–H groups in total. The van der Waals surface area contributed by atoms with Gasteiger partial charge in [-0.05, 0) is 12.1 Å². The van der Waals surface area contributed by atoms with Gasteiger partial charge in [-0.3, -0.25) is 0 Å². The summed E-state index contributed by atoms with van der Waals surface area (Å²) in [5.41, 5.74) is 5.51. The average Bonchev–Trinajstić information content (AvgIpc) is 2.94. The Bertz CT molecular complexity index is 748. The Labute approximate surface area is 122 Å². The molecule has 6 heteroatoms. The first-order valence-electron chi connectivity index (χ1n) is 6.48. The molecule has 0 bridgehead atoms. The Morgan fingerprint density at radius 1 is 1.14 bits per heavy atom. The van der Waals surface area contributed by atoms with Crippen molar-refractivity contribution in [1.82, 2.24) is 19.7 Å². The van der Waals surface area contributed by atoms with Gasteiger partial charge in [0.05, 0.1) is 23.8 Å². The van der Waals surface area contributed by atoms with Gasteiger partial charge in [-0.15, -0.1) is 5.10 Å². The molecule has 0 radical (unpaired) electrons. The van der Waals surface area contributed by atoms with Crippen LogP contribution in [0.3, 0.4) is 0 Å². The Kier molecular flexibility index (Phi) is 3.68. The lowest BCUT2D eigenvalue weighted by molar-refractivity contribution is 0.917. The topological polar surface area (TPSA) is 68.0 Å². The summed E-state index contributed by atoms with van der Waals surface area (Å²) in [6.07, 6.45) is 5.29. The number of nitrogens with zero attached hydrogens (tertiary/aromatic N) is 5. The fourth-order valence-corrected chi connectivity index (χ4v) is 1.86. The standard InChI is InChI=1S/C15H14N6/c1-21-9-5-8-13(21)10-16-19-15-18-14(11-17-20-15)12-6-3-2-4-7-12/h2-11H,1H3,(H,18,19,20)/b16-10+. The normalized spacial score (nSPS) is 10.9. The van der Waals surface area contributed by atoms with Crippen LogP contribution >= 0.6 is 0 Å². The first kappa shape index (κ1) is 13.0. The molecule has 3 aromatic rings. The van der Waals surface area contributed by atoms with E-state index in [9.17, 15) is 0 Å². The molecule has 0 aliphatic carbocycles. The van der Waals surface area contributed by atoms with Gasteiger partial charge in [-0.1, -0.05) is 30.3 Å². The number of benzene rings is 1. The van der Waals surface area contributed by atoms with Gasteiger partial charge < -0.3 is 4.57 Å². The predicted octanol–water partition coefficient (Wildman–Crippen LogP) is 2.32.